The molecule has 20 heavy (non-hydrogen) atoms. The van der Waals surface area contributed by atoms with Gasteiger partial charge in [0.15, 0.2) is 0 Å². The average molecular weight is 290 g/mol. The van der Waals surface area contributed by atoms with Crippen molar-refractivity contribution in [2.75, 3.05) is 11.9 Å². The molecular weight excluding hydrogens is 270 g/mol. The van der Waals surface area contributed by atoms with Crippen molar-refractivity contribution in [2.24, 2.45) is 0 Å². The van der Waals surface area contributed by atoms with Gasteiger partial charge in [-0.2, -0.15) is 0 Å². The van der Waals surface area contributed by atoms with Crippen molar-refractivity contribution in [3.8, 4) is 0 Å². The van der Waals surface area contributed by atoms with Crippen molar-refractivity contribution in [2.45, 2.75) is 33.2 Å². The fourth-order valence-electron chi connectivity index (χ4n) is 2.03. The van der Waals surface area contributed by atoms with E-state index < -0.39 is 0 Å². The van der Waals surface area contributed by atoms with Crippen LogP contribution in [-0.2, 0) is 13.0 Å². The van der Waals surface area contributed by atoms with E-state index in [0.717, 1.165) is 31.0 Å². The third-order valence-corrected chi connectivity index (χ3v) is 3.33. The van der Waals surface area contributed by atoms with E-state index in [1.54, 1.807) is 0 Å². The van der Waals surface area contributed by atoms with Crippen molar-refractivity contribution in [3.63, 3.8) is 0 Å². The molecule has 0 amide bonds. The third-order valence-electron chi connectivity index (χ3n) is 3.13. The second kappa shape index (κ2) is 6.71. The van der Waals surface area contributed by atoms with E-state index >= 15 is 0 Å². The molecule has 0 N–H and O–H groups in total. The fourth-order valence-corrected chi connectivity index (χ4v) is 2.23. The summed E-state index contributed by atoms with van der Waals surface area (Å²) >= 11 is 6.08. The zero-order valence-corrected chi connectivity index (χ0v) is 13.0. The number of rotatable bonds is 5. The van der Waals surface area contributed by atoms with E-state index in [-0.39, 0.29) is 0 Å². The molecule has 0 unspecified atom stereocenters. The third kappa shape index (κ3) is 3.94. The summed E-state index contributed by atoms with van der Waals surface area (Å²) in [6.07, 6.45) is 1.87. The van der Waals surface area contributed by atoms with E-state index in [1.165, 1.54) is 11.1 Å². The highest BCUT2D eigenvalue weighted by molar-refractivity contribution is 6.29. The normalized spacial score (nSPS) is 10.6. The Morgan fingerprint density at radius 3 is 2.50 bits per heavy atom. The highest BCUT2D eigenvalue weighted by atomic mass is 35.5. The smallest absolute Gasteiger partial charge is 0.134 e. The molecule has 4 heteroatoms. The molecule has 0 atom stereocenters. The zero-order valence-electron chi connectivity index (χ0n) is 12.2. The van der Waals surface area contributed by atoms with Gasteiger partial charge in [0.2, 0.25) is 0 Å². The summed E-state index contributed by atoms with van der Waals surface area (Å²) < 4.78 is 0. The Hall–Kier alpha value is -1.61. The number of halogens is 1. The van der Waals surface area contributed by atoms with Crippen LogP contribution in [0.4, 0.5) is 5.82 Å². The van der Waals surface area contributed by atoms with Crippen LogP contribution in [-0.4, -0.2) is 17.0 Å². The monoisotopic (exact) mass is 289 g/mol. The minimum Gasteiger partial charge on any atom is -0.355 e. The minimum atomic E-state index is 0.509. The van der Waals surface area contributed by atoms with Crippen molar-refractivity contribution in [3.05, 3.63) is 52.4 Å². The van der Waals surface area contributed by atoms with E-state index in [2.05, 4.69) is 53.0 Å². The van der Waals surface area contributed by atoms with Gasteiger partial charge in [0, 0.05) is 26.1 Å². The molecule has 2 aromatic rings. The van der Waals surface area contributed by atoms with Crippen molar-refractivity contribution in [1.29, 1.82) is 0 Å². The molecule has 0 saturated heterocycles. The average Bonchev–Trinajstić information content (AvgIpc) is 2.41. The lowest BCUT2D eigenvalue weighted by molar-refractivity contribution is 0.812. The Balaban J connectivity index is 2.15. The van der Waals surface area contributed by atoms with Gasteiger partial charge < -0.3 is 4.90 Å². The quantitative estimate of drug-likeness (QED) is 0.778. The van der Waals surface area contributed by atoms with Crippen LogP contribution in [0.15, 0.2) is 30.3 Å². The topological polar surface area (TPSA) is 29.0 Å². The number of hydrogen-bond donors (Lipinski definition) is 0. The first kappa shape index (κ1) is 14.8. The van der Waals surface area contributed by atoms with Gasteiger partial charge in [-0.3, -0.25) is 0 Å². The number of aryl methyl sites for hydroxylation is 2. The first-order valence-electron chi connectivity index (χ1n) is 6.88. The second-order valence-corrected chi connectivity index (χ2v) is 5.44. The highest BCUT2D eigenvalue weighted by Gasteiger charge is 2.08. The van der Waals surface area contributed by atoms with Gasteiger partial charge in [-0.25, -0.2) is 9.97 Å². The minimum absolute atomic E-state index is 0.509. The lowest BCUT2D eigenvalue weighted by Gasteiger charge is -2.19. The van der Waals surface area contributed by atoms with E-state index in [9.17, 15) is 0 Å². The predicted octanol–water partition coefficient (Wildman–Crippen LogP) is 4.03. The standard InChI is InChI=1S/C16H20ClN3/c1-4-5-15-18-14(17)10-16(19-15)20(3)11-13-8-6-12(2)7-9-13/h6-10H,4-5,11H2,1-3H3. The maximum atomic E-state index is 6.08. The Morgan fingerprint density at radius 2 is 1.85 bits per heavy atom. The number of aromatic nitrogens is 2. The predicted molar refractivity (Wildman–Crippen MR) is 84.3 cm³/mol. The van der Waals surface area contributed by atoms with Gasteiger partial charge >= 0.3 is 0 Å². The van der Waals surface area contributed by atoms with Crippen LogP contribution in [0.2, 0.25) is 5.15 Å². The van der Waals surface area contributed by atoms with E-state index in [4.69, 9.17) is 11.6 Å². The van der Waals surface area contributed by atoms with Crippen LogP contribution < -0.4 is 4.90 Å². The number of anilines is 1. The summed E-state index contributed by atoms with van der Waals surface area (Å²) in [5.41, 5.74) is 2.52. The van der Waals surface area contributed by atoms with E-state index in [0.29, 0.717) is 5.15 Å². The summed E-state index contributed by atoms with van der Waals surface area (Å²) in [6, 6.07) is 10.3. The SMILES string of the molecule is CCCc1nc(Cl)cc(N(C)Cc2ccc(C)cc2)n1. The fraction of sp³-hybridized carbons (Fsp3) is 0.375. The maximum absolute atomic E-state index is 6.08. The van der Waals surface area contributed by atoms with Gasteiger partial charge in [-0.1, -0.05) is 48.4 Å². The molecular formula is C16H20ClN3. The molecule has 3 nitrogen and oxygen atoms in total. The van der Waals surface area contributed by atoms with Crippen LogP contribution >= 0.6 is 11.6 Å². The molecule has 0 aliphatic carbocycles. The van der Waals surface area contributed by atoms with Crippen LogP contribution in [0.25, 0.3) is 0 Å². The van der Waals surface area contributed by atoms with Gasteiger partial charge in [-0.05, 0) is 18.9 Å². The Bertz CT molecular complexity index is 566. The first-order valence-corrected chi connectivity index (χ1v) is 7.26. The van der Waals surface area contributed by atoms with Crippen LogP contribution in [0.1, 0.15) is 30.3 Å². The Kier molecular flexibility index (Phi) is 4.96. The maximum Gasteiger partial charge on any atom is 0.134 e. The van der Waals surface area contributed by atoms with Crippen LogP contribution in [0.5, 0.6) is 0 Å². The molecule has 0 aliphatic heterocycles. The molecule has 1 aromatic carbocycles. The lowest BCUT2D eigenvalue weighted by atomic mass is 10.1. The molecule has 2 rings (SSSR count). The van der Waals surface area contributed by atoms with Crippen LogP contribution in [0, 0.1) is 6.92 Å². The van der Waals surface area contributed by atoms with Crippen molar-refractivity contribution < 1.29 is 0 Å². The molecule has 0 saturated carbocycles. The van der Waals surface area contributed by atoms with Gasteiger partial charge in [-0.15, -0.1) is 0 Å². The zero-order chi connectivity index (χ0) is 14.5. The Morgan fingerprint density at radius 1 is 1.15 bits per heavy atom. The van der Waals surface area contributed by atoms with Crippen LogP contribution in [0.3, 0.4) is 0 Å². The summed E-state index contributed by atoms with van der Waals surface area (Å²) in [5.74, 6) is 1.68. The largest absolute Gasteiger partial charge is 0.355 e. The molecule has 1 aromatic heterocycles. The lowest BCUT2D eigenvalue weighted by Crippen LogP contribution is -2.18. The van der Waals surface area contributed by atoms with Crippen molar-refractivity contribution >= 4 is 17.4 Å². The molecule has 0 radical (unpaired) electrons. The number of nitrogens with zero attached hydrogens (tertiary/aromatic N) is 3. The number of benzene rings is 1. The summed E-state index contributed by atoms with van der Waals surface area (Å²) in [7, 11) is 2.02. The van der Waals surface area contributed by atoms with Gasteiger partial charge in [0.05, 0.1) is 0 Å². The molecule has 0 spiro atoms. The molecule has 0 aliphatic rings. The van der Waals surface area contributed by atoms with Gasteiger partial charge in [0.1, 0.15) is 16.8 Å². The second-order valence-electron chi connectivity index (χ2n) is 5.06. The highest BCUT2D eigenvalue weighted by Crippen LogP contribution is 2.18. The number of hydrogen-bond acceptors (Lipinski definition) is 3. The van der Waals surface area contributed by atoms with Gasteiger partial charge in [0.25, 0.3) is 0 Å². The molecule has 106 valence electrons. The Labute approximate surface area is 125 Å². The van der Waals surface area contributed by atoms with Crippen molar-refractivity contribution in [1.82, 2.24) is 9.97 Å². The summed E-state index contributed by atoms with van der Waals surface area (Å²) in [4.78, 5) is 10.9. The molecule has 0 bridgehead atoms. The molecule has 0 fully saturated rings. The first-order chi connectivity index (χ1) is 9.58. The summed E-state index contributed by atoms with van der Waals surface area (Å²) in [6.45, 7) is 5.01. The molecule has 1 heterocycles. The van der Waals surface area contributed by atoms with E-state index in [1.807, 2.05) is 13.1 Å². The summed E-state index contributed by atoms with van der Waals surface area (Å²) in [5, 5.41) is 0.509.